The van der Waals surface area contributed by atoms with Gasteiger partial charge in [0.25, 0.3) is 0 Å². The van der Waals surface area contributed by atoms with E-state index >= 15 is 0 Å². The Morgan fingerprint density at radius 1 is 1.19 bits per heavy atom. The largest absolute Gasteiger partial charge is 0.360 e. The number of nitrogens with one attached hydrogen (secondary N) is 1. The van der Waals surface area contributed by atoms with E-state index in [0.717, 1.165) is 23.5 Å². The Kier molecular flexibility index (Phi) is 3.57. The van der Waals surface area contributed by atoms with Crippen LogP contribution in [0.3, 0.4) is 0 Å². The van der Waals surface area contributed by atoms with E-state index in [1.54, 1.807) is 0 Å². The van der Waals surface area contributed by atoms with Crippen LogP contribution in [0, 0.1) is 11.8 Å². The summed E-state index contributed by atoms with van der Waals surface area (Å²) < 4.78 is 0. The van der Waals surface area contributed by atoms with Crippen LogP contribution in [-0.4, -0.2) is 27.6 Å². The first kappa shape index (κ1) is 13.5. The molecule has 2 aliphatic carbocycles. The van der Waals surface area contributed by atoms with Crippen LogP contribution in [0.25, 0.3) is 0 Å². The quantitative estimate of drug-likeness (QED) is 0.849. The second-order valence-electron chi connectivity index (χ2n) is 6.86. The van der Waals surface area contributed by atoms with E-state index < -0.39 is 0 Å². The van der Waals surface area contributed by atoms with E-state index in [4.69, 9.17) is 12.2 Å². The lowest BCUT2D eigenvalue weighted by molar-refractivity contribution is 0.350. The second-order valence-corrected chi connectivity index (χ2v) is 7.25. The third-order valence-electron chi connectivity index (χ3n) is 5.65. The fourth-order valence-corrected chi connectivity index (χ4v) is 4.97. The Morgan fingerprint density at radius 3 is 2.76 bits per heavy atom. The molecule has 1 aromatic rings. The molecule has 2 saturated carbocycles. The van der Waals surface area contributed by atoms with Gasteiger partial charge in [-0.3, -0.25) is 4.98 Å². The molecule has 3 aliphatic rings. The maximum atomic E-state index is 5.74. The minimum absolute atomic E-state index is 0.437. The molecule has 0 amide bonds. The summed E-state index contributed by atoms with van der Waals surface area (Å²) in [5.41, 5.74) is 1.35. The smallest absolute Gasteiger partial charge is 0.169 e. The predicted octanol–water partition coefficient (Wildman–Crippen LogP) is 3.28. The van der Waals surface area contributed by atoms with Gasteiger partial charge in [-0.2, -0.15) is 0 Å². The van der Waals surface area contributed by atoms with E-state index in [-0.39, 0.29) is 0 Å². The van der Waals surface area contributed by atoms with Crippen molar-refractivity contribution in [1.82, 2.24) is 15.2 Å². The van der Waals surface area contributed by atoms with Crippen LogP contribution in [0.4, 0.5) is 0 Å². The lowest BCUT2D eigenvalue weighted by Gasteiger charge is -2.32. The summed E-state index contributed by atoms with van der Waals surface area (Å²) in [6.07, 6.45) is 11.8. The average Bonchev–Trinajstić information content (AvgIpc) is 3.24. The van der Waals surface area contributed by atoms with Crippen molar-refractivity contribution in [3.8, 4) is 0 Å². The van der Waals surface area contributed by atoms with Gasteiger partial charge in [0.05, 0.1) is 6.04 Å². The Balaban J connectivity index is 1.44. The van der Waals surface area contributed by atoms with E-state index in [1.165, 1.54) is 44.1 Å². The molecule has 3 nitrogen and oxygen atoms in total. The molecule has 3 fully saturated rings. The fraction of sp³-hybridized carbons (Fsp3) is 0.647. The van der Waals surface area contributed by atoms with Crippen molar-refractivity contribution in [1.29, 1.82) is 0 Å². The van der Waals surface area contributed by atoms with Gasteiger partial charge in [0, 0.05) is 25.0 Å². The molecule has 112 valence electrons. The Labute approximate surface area is 132 Å². The zero-order chi connectivity index (χ0) is 14.2. The minimum atomic E-state index is 0.437. The zero-order valence-corrected chi connectivity index (χ0v) is 13.2. The van der Waals surface area contributed by atoms with Crippen LogP contribution in [0.15, 0.2) is 24.5 Å². The standard InChI is InChI=1S/C17H23N3S/c21-17(19-15-11-12-3-4-14(15)10-12)20-9-1-2-16(20)13-5-7-18-8-6-13/h5-8,12,14-16H,1-4,9-11H2,(H,19,21)/t12-,14-,15-,16-/m0/s1. The minimum Gasteiger partial charge on any atom is -0.360 e. The lowest BCUT2D eigenvalue weighted by Crippen LogP contribution is -2.46. The predicted molar refractivity (Wildman–Crippen MR) is 87.9 cm³/mol. The van der Waals surface area contributed by atoms with Crippen molar-refractivity contribution in [2.75, 3.05) is 6.54 Å². The highest BCUT2D eigenvalue weighted by molar-refractivity contribution is 7.80. The van der Waals surface area contributed by atoms with Gasteiger partial charge in [0.2, 0.25) is 0 Å². The van der Waals surface area contributed by atoms with Gasteiger partial charge in [-0.25, -0.2) is 0 Å². The highest BCUT2D eigenvalue weighted by atomic mass is 32.1. The van der Waals surface area contributed by atoms with Gasteiger partial charge in [-0.05, 0) is 73.9 Å². The number of pyridine rings is 1. The topological polar surface area (TPSA) is 28.2 Å². The van der Waals surface area contributed by atoms with Gasteiger partial charge < -0.3 is 10.2 Å². The normalized spacial score (nSPS) is 34.4. The van der Waals surface area contributed by atoms with Crippen molar-refractivity contribution >= 4 is 17.3 Å². The number of rotatable bonds is 2. The van der Waals surface area contributed by atoms with Crippen LogP contribution in [-0.2, 0) is 0 Å². The molecule has 0 spiro atoms. The molecule has 21 heavy (non-hydrogen) atoms. The van der Waals surface area contributed by atoms with Crippen molar-refractivity contribution in [3.05, 3.63) is 30.1 Å². The molecule has 0 aromatic carbocycles. The van der Waals surface area contributed by atoms with Crippen molar-refractivity contribution < 1.29 is 0 Å². The number of hydrogen-bond acceptors (Lipinski definition) is 2. The highest BCUT2D eigenvalue weighted by Crippen LogP contribution is 2.44. The molecule has 0 unspecified atom stereocenters. The van der Waals surface area contributed by atoms with Gasteiger partial charge >= 0.3 is 0 Å². The van der Waals surface area contributed by atoms with Crippen LogP contribution in [0.2, 0.25) is 0 Å². The summed E-state index contributed by atoms with van der Waals surface area (Å²) in [6.45, 7) is 1.08. The number of fused-ring (bicyclic) bond motifs is 2. The molecule has 0 radical (unpaired) electrons. The first-order valence-electron chi connectivity index (χ1n) is 8.28. The molecule has 1 saturated heterocycles. The first-order valence-corrected chi connectivity index (χ1v) is 8.69. The van der Waals surface area contributed by atoms with E-state index in [0.29, 0.717) is 12.1 Å². The number of likely N-dealkylation sites (tertiary alicyclic amines) is 1. The van der Waals surface area contributed by atoms with Crippen molar-refractivity contribution in [2.45, 2.75) is 50.6 Å². The molecule has 2 heterocycles. The summed E-state index contributed by atoms with van der Waals surface area (Å²) >= 11 is 5.74. The van der Waals surface area contributed by atoms with Gasteiger partial charge in [-0.1, -0.05) is 6.42 Å². The summed E-state index contributed by atoms with van der Waals surface area (Å²) in [7, 11) is 0. The molecular formula is C17H23N3S. The number of hydrogen-bond donors (Lipinski definition) is 1. The summed E-state index contributed by atoms with van der Waals surface area (Å²) in [5.74, 6) is 1.83. The maximum absolute atomic E-state index is 5.74. The molecule has 1 aliphatic heterocycles. The monoisotopic (exact) mass is 301 g/mol. The van der Waals surface area contributed by atoms with Gasteiger partial charge in [0.1, 0.15) is 0 Å². The number of thiocarbonyl (C=S) groups is 1. The molecule has 2 bridgehead atoms. The molecule has 4 heteroatoms. The van der Waals surface area contributed by atoms with Crippen molar-refractivity contribution in [2.24, 2.45) is 11.8 Å². The summed E-state index contributed by atoms with van der Waals surface area (Å²) in [5, 5.41) is 4.67. The fourth-order valence-electron chi connectivity index (χ4n) is 4.60. The average molecular weight is 301 g/mol. The van der Waals surface area contributed by atoms with Crippen LogP contribution >= 0.6 is 12.2 Å². The number of aromatic nitrogens is 1. The number of nitrogens with zero attached hydrogens (tertiary/aromatic N) is 2. The molecule has 4 rings (SSSR count). The second kappa shape index (κ2) is 5.56. The first-order chi connectivity index (χ1) is 10.3. The summed E-state index contributed by atoms with van der Waals surface area (Å²) in [6, 6.07) is 5.33. The third kappa shape index (κ3) is 2.54. The van der Waals surface area contributed by atoms with Crippen LogP contribution in [0.5, 0.6) is 0 Å². The summed E-state index contributed by atoms with van der Waals surface area (Å²) in [4.78, 5) is 6.53. The lowest BCUT2D eigenvalue weighted by atomic mass is 9.95. The van der Waals surface area contributed by atoms with E-state index in [9.17, 15) is 0 Å². The van der Waals surface area contributed by atoms with Crippen LogP contribution < -0.4 is 5.32 Å². The molecule has 1 N–H and O–H groups in total. The van der Waals surface area contributed by atoms with E-state index in [1.807, 2.05) is 12.4 Å². The van der Waals surface area contributed by atoms with Crippen LogP contribution in [0.1, 0.15) is 50.1 Å². The SMILES string of the molecule is S=C(N[C@H]1C[C@H]2CC[C@H]1C2)N1CCC[C@H]1c1ccncc1. The zero-order valence-electron chi connectivity index (χ0n) is 12.4. The highest BCUT2D eigenvalue weighted by Gasteiger charge is 2.40. The van der Waals surface area contributed by atoms with Crippen molar-refractivity contribution in [3.63, 3.8) is 0 Å². The van der Waals surface area contributed by atoms with Gasteiger partial charge in [0.15, 0.2) is 5.11 Å². The Bertz CT molecular complexity index is 518. The van der Waals surface area contributed by atoms with E-state index in [2.05, 4.69) is 27.3 Å². The Morgan fingerprint density at radius 2 is 2.05 bits per heavy atom. The maximum Gasteiger partial charge on any atom is 0.169 e. The molecular weight excluding hydrogens is 278 g/mol. The Hall–Kier alpha value is -1.16. The third-order valence-corrected chi connectivity index (χ3v) is 6.00. The molecule has 1 aromatic heterocycles. The molecule has 4 atom stereocenters. The van der Waals surface area contributed by atoms with Gasteiger partial charge in [-0.15, -0.1) is 0 Å².